The number of benzene rings is 1. The number of likely N-dealkylation sites (tertiary alicyclic amines) is 1. The fourth-order valence-corrected chi connectivity index (χ4v) is 5.23. The molecule has 1 aliphatic heterocycles. The Morgan fingerprint density at radius 2 is 2.03 bits per heavy atom. The molecule has 1 aliphatic rings. The number of carbonyl (C=O) groups excluding carboxylic acids is 1. The summed E-state index contributed by atoms with van der Waals surface area (Å²) in [5.74, 6) is 0.0637. The van der Waals surface area contributed by atoms with Crippen molar-refractivity contribution in [3.63, 3.8) is 0 Å². The molecule has 0 bridgehead atoms. The number of piperidine rings is 1. The summed E-state index contributed by atoms with van der Waals surface area (Å²) in [6, 6.07) is 4.75. The molecule has 198 valence electrons. The lowest BCUT2D eigenvalue weighted by molar-refractivity contribution is -0.120. The van der Waals surface area contributed by atoms with Crippen molar-refractivity contribution in [1.82, 2.24) is 25.0 Å². The Balaban J connectivity index is 1.40. The molecule has 0 radical (unpaired) electrons. The van der Waals surface area contributed by atoms with E-state index in [-0.39, 0.29) is 16.7 Å². The molecule has 3 aromatic rings. The molecule has 8 nitrogen and oxygen atoms in total. The number of nitrogen functional groups attached to an aromatic ring is 1. The van der Waals surface area contributed by atoms with E-state index in [1.807, 2.05) is 10.9 Å². The topological polar surface area (TPSA) is 98.3 Å². The quantitative estimate of drug-likeness (QED) is 0.353. The van der Waals surface area contributed by atoms with E-state index in [4.69, 9.17) is 33.7 Å². The van der Waals surface area contributed by atoms with Crippen molar-refractivity contribution in [2.75, 3.05) is 32.4 Å². The van der Waals surface area contributed by atoms with Gasteiger partial charge in [0.25, 0.3) is 0 Å². The number of anilines is 1. The second-order valence-electron chi connectivity index (χ2n) is 9.18. The van der Waals surface area contributed by atoms with Crippen molar-refractivity contribution in [3.8, 4) is 16.9 Å². The second-order valence-corrected chi connectivity index (χ2v) is 9.97. The summed E-state index contributed by atoms with van der Waals surface area (Å²) in [7, 11) is 1.67. The first-order valence-electron chi connectivity index (χ1n) is 12.3. The number of aromatic nitrogens is 3. The molecule has 3 N–H and O–H groups in total. The number of carbonyl (C=O) groups is 1. The van der Waals surface area contributed by atoms with Crippen LogP contribution >= 0.6 is 23.2 Å². The van der Waals surface area contributed by atoms with E-state index in [0.29, 0.717) is 28.8 Å². The van der Waals surface area contributed by atoms with Crippen molar-refractivity contribution in [2.45, 2.75) is 44.8 Å². The Hall–Kier alpha value is -2.88. The number of nitrogens with two attached hydrogens (primary N) is 1. The third-order valence-corrected chi connectivity index (χ3v) is 7.41. The largest absolute Gasteiger partial charge is 0.482 e. The van der Waals surface area contributed by atoms with Crippen LogP contribution in [0.2, 0.25) is 10.0 Å². The van der Waals surface area contributed by atoms with Gasteiger partial charge >= 0.3 is 0 Å². The van der Waals surface area contributed by atoms with Crippen molar-refractivity contribution in [1.29, 1.82) is 0 Å². The number of ether oxygens (including phenoxy) is 1. The number of hydrogen-bond acceptors (Lipinski definition) is 6. The van der Waals surface area contributed by atoms with E-state index in [1.165, 1.54) is 12.1 Å². The van der Waals surface area contributed by atoms with E-state index in [1.54, 1.807) is 32.4 Å². The average Bonchev–Trinajstić information content (AvgIpc) is 3.38. The van der Waals surface area contributed by atoms with Crippen LogP contribution in [-0.2, 0) is 4.79 Å². The van der Waals surface area contributed by atoms with E-state index in [9.17, 15) is 9.18 Å². The summed E-state index contributed by atoms with van der Waals surface area (Å²) in [4.78, 5) is 18.1. The molecule has 0 aliphatic carbocycles. The predicted octanol–water partition coefficient (Wildman–Crippen LogP) is 5.28. The summed E-state index contributed by atoms with van der Waals surface area (Å²) >= 11 is 12.4. The second kappa shape index (κ2) is 12.1. The van der Waals surface area contributed by atoms with Gasteiger partial charge in [-0.1, -0.05) is 23.2 Å². The van der Waals surface area contributed by atoms with Crippen LogP contribution in [0.25, 0.3) is 11.1 Å². The summed E-state index contributed by atoms with van der Waals surface area (Å²) in [6.45, 7) is 4.59. The van der Waals surface area contributed by atoms with Crippen molar-refractivity contribution in [3.05, 3.63) is 58.2 Å². The minimum Gasteiger partial charge on any atom is -0.482 e. The monoisotopic (exact) mass is 548 g/mol. The number of nitrogens with zero attached hydrogens (tertiary/aromatic N) is 4. The molecule has 0 spiro atoms. The first kappa shape index (κ1) is 27.2. The fourth-order valence-electron chi connectivity index (χ4n) is 4.55. The molecule has 4 rings (SSSR count). The van der Waals surface area contributed by atoms with Gasteiger partial charge in [0.2, 0.25) is 5.91 Å². The predicted molar refractivity (Wildman–Crippen MR) is 143 cm³/mol. The molecule has 0 unspecified atom stereocenters. The lowest BCUT2D eigenvalue weighted by atomic mass is 10.0. The van der Waals surface area contributed by atoms with Crippen molar-refractivity contribution >= 4 is 34.9 Å². The van der Waals surface area contributed by atoms with Crippen molar-refractivity contribution < 1.29 is 13.9 Å². The minimum absolute atomic E-state index is 0.0820. The fraction of sp³-hybridized carbons (Fsp3) is 0.423. The van der Waals surface area contributed by atoms with Gasteiger partial charge in [0.15, 0.2) is 11.6 Å². The highest BCUT2D eigenvalue weighted by molar-refractivity contribution is 6.36. The third-order valence-electron chi connectivity index (χ3n) is 6.69. The van der Waals surface area contributed by atoms with Gasteiger partial charge in [0.05, 0.1) is 17.3 Å². The van der Waals surface area contributed by atoms with Crippen LogP contribution in [0.3, 0.4) is 0 Å². The van der Waals surface area contributed by atoms with Crippen LogP contribution in [0.15, 0.2) is 36.8 Å². The Morgan fingerprint density at radius 1 is 1.27 bits per heavy atom. The highest BCUT2D eigenvalue weighted by Gasteiger charge is 2.23. The SMILES string of the molecule is CNC(=O)CCCN1CCC(n2cc(-c3cnc(N)c(O[C@H](C)c4c(Cl)ccc(F)c4Cl)c3)cn2)CC1. The normalized spacial score (nSPS) is 15.5. The maximum Gasteiger partial charge on any atom is 0.219 e. The molecular weight excluding hydrogens is 518 g/mol. The molecule has 0 saturated carbocycles. The number of nitrogens with one attached hydrogen (secondary N) is 1. The molecule has 37 heavy (non-hydrogen) atoms. The molecule has 2 aromatic heterocycles. The van der Waals surface area contributed by atoms with Gasteiger partial charge in [0.1, 0.15) is 11.9 Å². The summed E-state index contributed by atoms with van der Waals surface area (Å²) in [5, 5.41) is 7.49. The zero-order valence-electron chi connectivity index (χ0n) is 20.9. The molecule has 1 aromatic carbocycles. The number of amides is 1. The maximum absolute atomic E-state index is 14.0. The van der Waals surface area contributed by atoms with Gasteiger partial charge in [-0.15, -0.1) is 0 Å². The molecule has 1 saturated heterocycles. The smallest absolute Gasteiger partial charge is 0.219 e. The lowest BCUT2D eigenvalue weighted by Crippen LogP contribution is -2.35. The van der Waals surface area contributed by atoms with Gasteiger partial charge in [-0.2, -0.15) is 5.10 Å². The summed E-state index contributed by atoms with van der Waals surface area (Å²) < 4.78 is 22.0. The van der Waals surface area contributed by atoms with E-state index in [0.717, 1.165) is 50.0 Å². The zero-order valence-corrected chi connectivity index (χ0v) is 22.4. The third kappa shape index (κ3) is 6.52. The molecular formula is C26H31Cl2FN6O2. The molecule has 1 atom stereocenters. The van der Waals surface area contributed by atoms with Crippen LogP contribution in [0.5, 0.6) is 5.75 Å². The molecule has 1 fully saturated rings. The first-order valence-corrected chi connectivity index (χ1v) is 13.1. The van der Waals surface area contributed by atoms with Gasteiger partial charge in [-0.05, 0) is 50.9 Å². The minimum atomic E-state index is -0.653. The first-order chi connectivity index (χ1) is 17.8. The molecule has 11 heteroatoms. The molecule has 1 amide bonds. The Bertz CT molecular complexity index is 1250. The number of pyridine rings is 1. The van der Waals surface area contributed by atoms with Gasteiger partial charge in [-0.25, -0.2) is 9.37 Å². The van der Waals surface area contributed by atoms with Crippen molar-refractivity contribution in [2.24, 2.45) is 0 Å². The highest BCUT2D eigenvalue weighted by Crippen LogP contribution is 2.37. The Labute approximate surface area is 225 Å². The van der Waals surface area contributed by atoms with Crippen LogP contribution in [0.1, 0.15) is 50.3 Å². The highest BCUT2D eigenvalue weighted by atomic mass is 35.5. The van der Waals surface area contributed by atoms with Crippen LogP contribution in [0.4, 0.5) is 10.2 Å². The molecule has 3 heterocycles. The maximum atomic E-state index is 14.0. The van der Waals surface area contributed by atoms with Crippen LogP contribution < -0.4 is 15.8 Å². The number of halogens is 3. The summed E-state index contributed by atoms with van der Waals surface area (Å²) in [6.07, 6.45) is 8.22. The Morgan fingerprint density at radius 3 is 2.76 bits per heavy atom. The average molecular weight is 549 g/mol. The van der Waals surface area contributed by atoms with E-state index >= 15 is 0 Å². The zero-order chi connectivity index (χ0) is 26.5. The van der Waals surface area contributed by atoms with Crippen LogP contribution in [-0.4, -0.2) is 52.3 Å². The van der Waals surface area contributed by atoms with Gasteiger partial charge in [0, 0.05) is 60.7 Å². The number of rotatable bonds is 9. The van der Waals surface area contributed by atoms with Crippen LogP contribution in [0, 0.1) is 5.82 Å². The van der Waals surface area contributed by atoms with E-state index in [2.05, 4.69) is 20.3 Å². The number of hydrogen-bond donors (Lipinski definition) is 2. The standard InChI is InChI=1S/C26H31Cl2FN6O2/c1-16(24-20(27)5-6-21(29)25(24)28)37-22-12-17(13-32-26(22)30)18-14-33-35(15-18)19-7-10-34(11-8-19)9-3-4-23(36)31-2/h5-6,12-16,19H,3-4,7-11H2,1-2H3,(H2,30,32)(H,31,36)/t16-/m1/s1. The summed E-state index contributed by atoms with van der Waals surface area (Å²) in [5.41, 5.74) is 8.10. The Kier molecular flexibility index (Phi) is 8.89. The lowest BCUT2D eigenvalue weighted by Gasteiger charge is -2.32. The van der Waals surface area contributed by atoms with Gasteiger partial charge < -0.3 is 20.7 Å². The van der Waals surface area contributed by atoms with Gasteiger partial charge in [-0.3, -0.25) is 9.48 Å². The van der Waals surface area contributed by atoms with E-state index < -0.39 is 11.9 Å².